The molecule has 1 aliphatic carbocycles. The lowest BCUT2D eigenvalue weighted by molar-refractivity contribution is 0.934. The van der Waals surface area contributed by atoms with Crippen LogP contribution >= 0.6 is 0 Å². The second-order valence-corrected chi connectivity index (χ2v) is 2.35. The second kappa shape index (κ2) is 4.04. The van der Waals surface area contributed by atoms with E-state index in [0.717, 1.165) is 25.1 Å². The Balaban J connectivity index is 2.46. The normalized spacial score (nSPS) is 15.9. The van der Waals surface area contributed by atoms with Crippen LogP contribution < -0.4 is 0 Å². The van der Waals surface area contributed by atoms with E-state index < -0.39 is 0 Å². The summed E-state index contributed by atoms with van der Waals surface area (Å²) in [6.07, 6.45) is 10.6. The van der Waals surface area contributed by atoms with Crippen LogP contribution in [0.4, 0.5) is 0 Å². The molecule has 0 N–H and O–H groups in total. The molecule has 0 amide bonds. The Morgan fingerprint density at radius 3 is 2.70 bits per heavy atom. The molecule has 54 valence electrons. The average molecular weight is 135 g/mol. The third-order valence-electron chi connectivity index (χ3n) is 1.37. The third-order valence-corrected chi connectivity index (χ3v) is 1.37. The van der Waals surface area contributed by atoms with Gasteiger partial charge in [0, 0.05) is 6.54 Å². The molecule has 0 aliphatic heterocycles. The van der Waals surface area contributed by atoms with Gasteiger partial charge in [0.05, 0.1) is 5.71 Å². The van der Waals surface area contributed by atoms with Gasteiger partial charge in [0.1, 0.15) is 0 Å². The average Bonchev–Trinajstić information content (AvgIpc) is 2.03. The van der Waals surface area contributed by atoms with Gasteiger partial charge in [-0.1, -0.05) is 19.1 Å². The minimum atomic E-state index is 0.948. The first-order valence-corrected chi connectivity index (χ1v) is 3.81. The molecule has 0 bridgehead atoms. The van der Waals surface area contributed by atoms with E-state index >= 15 is 0 Å². The standard InChI is InChI=1S/C9H13N/c1-2-8-10-9-6-4-3-5-7-9/h4-7H,2-3,8H2,1H3. The smallest absolute Gasteiger partial charge is 0.0568 e. The molecule has 0 aromatic heterocycles. The minimum Gasteiger partial charge on any atom is -0.285 e. The highest BCUT2D eigenvalue weighted by Crippen LogP contribution is 1.98. The summed E-state index contributed by atoms with van der Waals surface area (Å²) < 4.78 is 0. The number of hydrogen-bond acceptors (Lipinski definition) is 1. The fourth-order valence-electron chi connectivity index (χ4n) is 0.858. The molecule has 0 saturated heterocycles. The molecule has 0 aromatic carbocycles. The van der Waals surface area contributed by atoms with Crippen molar-refractivity contribution in [1.29, 1.82) is 0 Å². The summed E-state index contributed by atoms with van der Waals surface area (Å²) >= 11 is 0. The highest BCUT2D eigenvalue weighted by atomic mass is 14.7. The molecule has 0 unspecified atom stereocenters. The molecule has 1 aliphatic rings. The molecule has 0 atom stereocenters. The van der Waals surface area contributed by atoms with Crippen LogP contribution in [-0.4, -0.2) is 12.3 Å². The predicted molar refractivity (Wildman–Crippen MR) is 45.5 cm³/mol. The maximum Gasteiger partial charge on any atom is 0.0568 e. The van der Waals surface area contributed by atoms with Gasteiger partial charge in [0.15, 0.2) is 0 Å². The Morgan fingerprint density at radius 2 is 2.10 bits per heavy atom. The van der Waals surface area contributed by atoms with Crippen molar-refractivity contribution in [3.63, 3.8) is 0 Å². The summed E-state index contributed by atoms with van der Waals surface area (Å²) in [6.45, 7) is 3.09. The molecule has 1 nitrogen and oxygen atoms in total. The lowest BCUT2D eigenvalue weighted by atomic mass is 10.2. The van der Waals surface area contributed by atoms with Crippen LogP contribution in [0.5, 0.6) is 0 Å². The van der Waals surface area contributed by atoms with Gasteiger partial charge < -0.3 is 0 Å². The number of rotatable bonds is 2. The van der Waals surface area contributed by atoms with Crippen molar-refractivity contribution < 1.29 is 0 Å². The Morgan fingerprint density at radius 1 is 1.40 bits per heavy atom. The molecule has 1 heteroatoms. The van der Waals surface area contributed by atoms with E-state index in [2.05, 4.69) is 36.2 Å². The van der Waals surface area contributed by atoms with Crippen LogP contribution in [0.1, 0.15) is 19.8 Å². The van der Waals surface area contributed by atoms with Crippen molar-refractivity contribution in [2.45, 2.75) is 19.8 Å². The van der Waals surface area contributed by atoms with Gasteiger partial charge in [-0.2, -0.15) is 0 Å². The van der Waals surface area contributed by atoms with E-state index in [1.54, 1.807) is 0 Å². The lowest BCUT2D eigenvalue weighted by Gasteiger charge is -1.97. The SMILES string of the molecule is CCCN=C1C=CCC=C1. The van der Waals surface area contributed by atoms with Crippen molar-refractivity contribution in [1.82, 2.24) is 0 Å². The summed E-state index contributed by atoms with van der Waals surface area (Å²) in [4.78, 5) is 4.34. The molecule has 0 radical (unpaired) electrons. The van der Waals surface area contributed by atoms with Crippen molar-refractivity contribution in [2.24, 2.45) is 4.99 Å². The Bertz CT molecular complexity index is 161. The lowest BCUT2D eigenvalue weighted by Crippen LogP contribution is -1.92. The van der Waals surface area contributed by atoms with Crippen LogP contribution in [0.15, 0.2) is 29.3 Å². The maximum atomic E-state index is 4.34. The molecular weight excluding hydrogens is 122 g/mol. The van der Waals surface area contributed by atoms with Crippen LogP contribution in [0.25, 0.3) is 0 Å². The van der Waals surface area contributed by atoms with Crippen LogP contribution in [-0.2, 0) is 0 Å². The number of nitrogens with zero attached hydrogens (tertiary/aromatic N) is 1. The van der Waals surface area contributed by atoms with Gasteiger partial charge in [0.25, 0.3) is 0 Å². The first-order valence-electron chi connectivity index (χ1n) is 3.81. The molecule has 0 saturated carbocycles. The van der Waals surface area contributed by atoms with Crippen LogP contribution in [0, 0.1) is 0 Å². The first kappa shape index (κ1) is 7.26. The van der Waals surface area contributed by atoms with E-state index in [1.165, 1.54) is 0 Å². The third kappa shape index (κ3) is 2.18. The Hall–Kier alpha value is -0.850. The summed E-state index contributed by atoms with van der Waals surface area (Å²) in [5.41, 5.74) is 1.12. The summed E-state index contributed by atoms with van der Waals surface area (Å²) in [6, 6.07) is 0. The van der Waals surface area contributed by atoms with E-state index in [-0.39, 0.29) is 0 Å². The quantitative estimate of drug-likeness (QED) is 0.551. The molecule has 0 heterocycles. The van der Waals surface area contributed by atoms with Crippen LogP contribution in [0.3, 0.4) is 0 Å². The number of allylic oxidation sites excluding steroid dienone is 4. The Labute approximate surface area is 62.2 Å². The van der Waals surface area contributed by atoms with Gasteiger partial charge in [-0.15, -0.1) is 0 Å². The van der Waals surface area contributed by atoms with Crippen LogP contribution in [0.2, 0.25) is 0 Å². The van der Waals surface area contributed by atoms with E-state index in [1.807, 2.05) is 0 Å². The zero-order valence-electron chi connectivity index (χ0n) is 6.38. The zero-order valence-corrected chi connectivity index (χ0v) is 6.38. The maximum absolute atomic E-state index is 4.34. The van der Waals surface area contributed by atoms with Crippen molar-refractivity contribution >= 4 is 5.71 Å². The molecular formula is C9H13N. The summed E-state index contributed by atoms with van der Waals surface area (Å²) in [5.74, 6) is 0. The second-order valence-electron chi connectivity index (χ2n) is 2.35. The van der Waals surface area contributed by atoms with E-state index in [9.17, 15) is 0 Å². The molecule has 1 rings (SSSR count). The topological polar surface area (TPSA) is 12.4 Å². The molecule has 0 spiro atoms. The highest BCUT2D eigenvalue weighted by Gasteiger charge is 1.89. The van der Waals surface area contributed by atoms with Crippen molar-refractivity contribution in [3.05, 3.63) is 24.3 Å². The van der Waals surface area contributed by atoms with E-state index in [0.29, 0.717) is 0 Å². The molecule has 0 aromatic rings. The first-order chi connectivity index (χ1) is 4.93. The summed E-state index contributed by atoms with van der Waals surface area (Å²) in [7, 11) is 0. The Kier molecular flexibility index (Phi) is 2.94. The van der Waals surface area contributed by atoms with Gasteiger partial charge >= 0.3 is 0 Å². The van der Waals surface area contributed by atoms with E-state index in [4.69, 9.17) is 0 Å². The summed E-state index contributed by atoms with van der Waals surface area (Å²) in [5, 5.41) is 0. The molecule has 0 fully saturated rings. The predicted octanol–water partition coefficient (Wildman–Crippen LogP) is 2.35. The monoisotopic (exact) mass is 135 g/mol. The van der Waals surface area contributed by atoms with Gasteiger partial charge in [-0.05, 0) is 25.0 Å². The number of aliphatic imine (C=N–C) groups is 1. The fraction of sp³-hybridized carbons (Fsp3) is 0.444. The van der Waals surface area contributed by atoms with Gasteiger partial charge in [-0.25, -0.2) is 0 Å². The van der Waals surface area contributed by atoms with Crippen molar-refractivity contribution in [3.8, 4) is 0 Å². The number of hydrogen-bond donors (Lipinski definition) is 0. The highest BCUT2D eigenvalue weighted by molar-refractivity contribution is 6.04. The minimum absolute atomic E-state index is 0.948. The largest absolute Gasteiger partial charge is 0.285 e. The zero-order chi connectivity index (χ0) is 7.23. The molecule has 10 heavy (non-hydrogen) atoms. The van der Waals surface area contributed by atoms with Gasteiger partial charge in [0.2, 0.25) is 0 Å². The van der Waals surface area contributed by atoms with Gasteiger partial charge in [-0.3, -0.25) is 4.99 Å². The van der Waals surface area contributed by atoms with Crippen molar-refractivity contribution in [2.75, 3.05) is 6.54 Å². The fourth-order valence-corrected chi connectivity index (χ4v) is 0.858.